The summed E-state index contributed by atoms with van der Waals surface area (Å²) in [6.45, 7) is 4.60. The summed E-state index contributed by atoms with van der Waals surface area (Å²) in [6, 6.07) is 10.1. The van der Waals surface area contributed by atoms with Crippen molar-refractivity contribution in [2.75, 3.05) is 72.7 Å². The third-order valence-electron chi connectivity index (χ3n) is 6.49. The minimum atomic E-state index is -0.187. The first-order chi connectivity index (χ1) is 16.0. The number of fused-ring (bicyclic) bond motifs is 1. The lowest BCUT2D eigenvalue weighted by atomic mass is 10.00. The average Bonchev–Trinajstić information content (AvgIpc) is 3.23. The third kappa shape index (κ3) is 4.86. The number of hydrogen-bond acceptors (Lipinski definition) is 7. The van der Waals surface area contributed by atoms with Gasteiger partial charge in [0, 0.05) is 44.5 Å². The third-order valence-corrected chi connectivity index (χ3v) is 6.49. The van der Waals surface area contributed by atoms with Crippen LogP contribution in [0.5, 0.6) is 17.2 Å². The van der Waals surface area contributed by atoms with E-state index < -0.39 is 0 Å². The molecule has 1 saturated heterocycles. The molecule has 2 aromatic carbocycles. The highest BCUT2D eigenvalue weighted by molar-refractivity contribution is 5.95. The van der Waals surface area contributed by atoms with Gasteiger partial charge in [-0.25, -0.2) is 0 Å². The predicted molar refractivity (Wildman–Crippen MR) is 127 cm³/mol. The maximum atomic E-state index is 13.1. The Labute approximate surface area is 195 Å². The molecule has 2 heterocycles. The number of methoxy groups -OCH3 is 3. The van der Waals surface area contributed by atoms with E-state index in [-0.39, 0.29) is 11.9 Å². The molecule has 33 heavy (non-hydrogen) atoms. The van der Waals surface area contributed by atoms with Gasteiger partial charge in [0.25, 0.3) is 5.91 Å². The van der Waals surface area contributed by atoms with Crippen LogP contribution in [0.2, 0.25) is 0 Å². The van der Waals surface area contributed by atoms with E-state index in [4.69, 9.17) is 18.9 Å². The molecule has 0 aromatic heterocycles. The highest BCUT2D eigenvalue weighted by Gasteiger charge is 2.26. The van der Waals surface area contributed by atoms with Crippen LogP contribution in [0.3, 0.4) is 0 Å². The van der Waals surface area contributed by atoms with Gasteiger partial charge in [0.05, 0.1) is 40.6 Å². The number of hydrogen-bond donors (Lipinski definition) is 1. The molecular weight excluding hydrogens is 422 g/mol. The minimum Gasteiger partial charge on any atom is -0.493 e. The molecule has 1 amide bonds. The van der Waals surface area contributed by atoms with E-state index in [1.807, 2.05) is 0 Å². The Morgan fingerprint density at radius 3 is 2.36 bits per heavy atom. The molecule has 0 saturated carbocycles. The van der Waals surface area contributed by atoms with E-state index in [1.54, 1.807) is 33.5 Å². The number of carbonyl (C=O) groups excluding carboxylic acids is 1. The predicted octanol–water partition coefficient (Wildman–Crippen LogP) is 2.51. The van der Waals surface area contributed by atoms with Gasteiger partial charge >= 0.3 is 0 Å². The number of ether oxygens (including phenoxy) is 4. The molecule has 0 radical (unpaired) electrons. The van der Waals surface area contributed by atoms with Gasteiger partial charge in [0.15, 0.2) is 11.5 Å². The quantitative estimate of drug-likeness (QED) is 0.656. The SMILES string of the molecule is COc1cc(C(=O)NC[C@H](c2ccc3c(c2)CCN3C)N2CCOCC2)cc(OC)c1OC. The van der Waals surface area contributed by atoms with Gasteiger partial charge < -0.3 is 29.2 Å². The molecule has 8 heteroatoms. The fraction of sp³-hybridized carbons (Fsp3) is 0.480. The summed E-state index contributed by atoms with van der Waals surface area (Å²) in [5.41, 5.74) is 4.34. The van der Waals surface area contributed by atoms with Crippen molar-refractivity contribution >= 4 is 11.6 Å². The summed E-state index contributed by atoms with van der Waals surface area (Å²) in [4.78, 5) is 17.8. The Morgan fingerprint density at radius 1 is 1.03 bits per heavy atom. The Kier molecular flexibility index (Phi) is 7.25. The van der Waals surface area contributed by atoms with Crippen molar-refractivity contribution in [2.45, 2.75) is 12.5 Å². The number of carbonyl (C=O) groups is 1. The molecule has 1 fully saturated rings. The maximum absolute atomic E-state index is 13.1. The molecule has 1 atom stereocenters. The van der Waals surface area contributed by atoms with Crippen LogP contribution in [0.1, 0.15) is 27.5 Å². The maximum Gasteiger partial charge on any atom is 0.251 e. The number of anilines is 1. The average molecular weight is 456 g/mol. The number of rotatable bonds is 8. The monoisotopic (exact) mass is 455 g/mol. The zero-order chi connectivity index (χ0) is 23.4. The number of likely N-dealkylation sites (N-methyl/N-ethyl adjacent to an activating group) is 1. The summed E-state index contributed by atoms with van der Waals surface area (Å²) in [5.74, 6) is 1.18. The number of benzene rings is 2. The second kappa shape index (κ2) is 10.3. The highest BCUT2D eigenvalue weighted by Crippen LogP contribution is 2.38. The Hall–Kier alpha value is -2.97. The van der Waals surface area contributed by atoms with Gasteiger partial charge in [-0.05, 0) is 35.7 Å². The van der Waals surface area contributed by atoms with Crippen molar-refractivity contribution in [1.29, 1.82) is 0 Å². The lowest BCUT2D eigenvalue weighted by Crippen LogP contribution is -2.43. The summed E-state index contributed by atoms with van der Waals surface area (Å²) >= 11 is 0. The van der Waals surface area contributed by atoms with Crippen LogP contribution in [-0.2, 0) is 11.2 Å². The van der Waals surface area contributed by atoms with Crippen molar-refractivity contribution in [2.24, 2.45) is 0 Å². The molecule has 178 valence electrons. The first kappa shape index (κ1) is 23.2. The van der Waals surface area contributed by atoms with E-state index in [0.717, 1.165) is 26.1 Å². The van der Waals surface area contributed by atoms with Crippen molar-refractivity contribution < 1.29 is 23.7 Å². The van der Waals surface area contributed by atoms with Gasteiger partial charge in [0.2, 0.25) is 5.75 Å². The zero-order valence-corrected chi connectivity index (χ0v) is 19.8. The molecule has 8 nitrogen and oxygen atoms in total. The van der Waals surface area contributed by atoms with E-state index in [9.17, 15) is 4.79 Å². The zero-order valence-electron chi connectivity index (χ0n) is 19.8. The second-order valence-corrected chi connectivity index (χ2v) is 8.35. The summed E-state index contributed by atoms with van der Waals surface area (Å²) in [5, 5.41) is 3.13. The lowest BCUT2D eigenvalue weighted by Gasteiger charge is -2.35. The van der Waals surface area contributed by atoms with Gasteiger partial charge in [0.1, 0.15) is 0 Å². The van der Waals surface area contributed by atoms with E-state index in [2.05, 4.69) is 40.4 Å². The standard InChI is InChI=1S/C25H33N3O5/c1-27-8-7-18-13-17(5-6-20(18)27)21(28-9-11-33-12-10-28)16-26-25(29)19-14-22(30-2)24(32-4)23(15-19)31-3/h5-6,13-15,21H,7-12,16H2,1-4H3,(H,26,29)/t21-/m1/s1. The normalized spacial score (nSPS) is 16.8. The molecule has 0 spiro atoms. The number of morpholine rings is 1. The van der Waals surface area contributed by atoms with Crippen LogP contribution in [0.25, 0.3) is 0 Å². The fourth-order valence-corrected chi connectivity index (χ4v) is 4.64. The van der Waals surface area contributed by atoms with E-state index >= 15 is 0 Å². The van der Waals surface area contributed by atoms with Gasteiger partial charge in [-0.15, -0.1) is 0 Å². The molecular formula is C25H33N3O5. The Morgan fingerprint density at radius 2 is 1.73 bits per heavy atom. The summed E-state index contributed by atoms with van der Waals surface area (Å²) in [6.07, 6.45) is 1.05. The summed E-state index contributed by atoms with van der Waals surface area (Å²) < 4.78 is 21.7. The first-order valence-electron chi connectivity index (χ1n) is 11.3. The first-order valence-corrected chi connectivity index (χ1v) is 11.3. The molecule has 0 bridgehead atoms. The van der Waals surface area contributed by atoms with Crippen molar-refractivity contribution in [3.8, 4) is 17.2 Å². The number of amides is 1. The molecule has 2 aliphatic heterocycles. The lowest BCUT2D eigenvalue weighted by molar-refractivity contribution is 0.0162. The van der Waals surface area contributed by atoms with Gasteiger partial charge in [-0.3, -0.25) is 9.69 Å². The van der Waals surface area contributed by atoms with Gasteiger partial charge in [-0.1, -0.05) is 12.1 Å². The van der Waals surface area contributed by atoms with Crippen LogP contribution in [0.4, 0.5) is 5.69 Å². The largest absolute Gasteiger partial charge is 0.493 e. The van der Waals surface area contributed by atoms with Crippen molar-refractivity contribution in [3.63, 3.8) is 0 Å². The van der Waals surface area contributed by atoms with Crippen LogP contribution in [0, 0.1) is 0 Å². The minimum absolute atomic E-state index is 0.0658. The summed E-state index contributed by atoms with van der Waals surface area (Å²) in [7, 11) is 6.75. The van der Waals surface area contributed by atoms with E-state index in [0.29, 0.717) is 42.6 Å². The smallest absolute Gasteiger partial charge is 0.251 e. The molecule has 0 unspecified atom stereocenters. The van der Waals surface area contributed by atoms with Crippen LogP contribution >= 0.6 is 0 Å². The van der Waals surface area contributed by atoms with Crippen molar-refractivity contribution in [3.05, 3.63) is 47.0 Å². The topological polar surface area (TPSA) is 72.5 Å². The molecule has 2 aromatic rings. The van der Waals surface area contributed by atoms with Crippen molar-refractivity contribution in [1.82, 2.24) is 10.2 Å². The molecule has 1 N–H and O–H groups in total. The molecule has 0 aliphatic carbocycles. The second-order valence-electron chi connectivity index (χ2n) is 8.35. The Bertz CT molecular complexity index is 965. The van der Waals surface area contributed by atoms with Gasteiger partial charge in [-0.2, -0.15) is 0 Å². The van der Waals surface area contributed by atoms with E-state index in [1.165, 1.54) is 16.8 Å². The molecule has 4 rings (SSSR count). The molecule has 2 aliphatic rings. The Balaban J connectivity index is 1.56. The number of nitrogens with one attached hydrogen (secondary N) is 1. The van der Waals surface area contributed by atoms with Crippen LogP contribution < -0.4 is 24.4 Å². The fourth-order valence-electron chi connectivity index (χ4n) is 4.64. The highest BCUT2D eigenvalue weighted by atomic mass is 16.5. The van der Waals surface area contributed by atoms with Crippen LogP contribution in [-0.4, -0.2) is 78.6 Å². The van der Waals surface area contributed by atoms with Crippen LogP contribution in [0.15, 0.2) is 30.3 Å². The number of nitrogens with zero attached hydrogens (tertiary/aromatic N) is 2.